The first-order chi connectivity index (χ1) is 12.5. The molecule has 0 aliphatic carbocycles. The molecule has 0 aliphatic heterocycles. The molecule has 0 radical (unpaired) electrons. The summed E-state index contributed by atoms with van der Waals surface area (Å²) in [4.78, 5) is 18.1. The molecule has 1 aromatic heterocycles. The Bertz CT molecular complexity index is 933. The number of aromatic nitrogens is 1. The minimum absolute atomic E-state index is 0.0324. The van der Waals surface area contributed by atoms with Crippen LogP contribution in [-0.4, -0.2) is 43.5 Å². The van der Waals surface area contributed by atoms with Crippen LogP contribution in [0.3, 0.4) is 0 Å². The van der Waals surface area contributed by atoms with Gasteiger partial charge >= 0.3 is 0 Å². The average molecular weight is 353 g/mol. The molecule has 3 aromatic rings. The van der Waals surface area contributed by atoms with Gasteiger partial charge in [-0.3, -0.25) is 9.69 Å². The highest BCUT2D eigenvalue weighted by molar-refractivity contribution is 5.98. The lowest BCUT2D eigenvalue weighted by atomic mass is 10.0. The molecule has 0 aliphatic rings. The van der Waals surface area contributed by atoms with E-state index >= 15 is 0 Å². The number of hydrogen-bond acceptors (Lipinski definition) is 5. The van der Waals surface area contributed by atoms with Crippen LogP contribution in [0.4, 0.5) is 0 Å². The Morgan fingerprint density at radius 3 is 2.65 bits per heavy atom. The number of likely N-dealkylation sites (N-methyl/N-ethyl adjacent to an activating group) is 2. The minimum Gasteiger partial charge on any atom is -0.496 e. The van der Waals surface area contributed by atoms with E-state index in [2.05, 4.69) is 10.3 Å². The van der Waals surface area contributed by atoms with Gasteiger partial charge in [0.1, 0.15) is 11.5 Å². The Morgan fingerprint density at radius 1 is 1.23 bits per heavy atom. The number of oxazole rings is 1. The zero-order valence-electron chi connectivity index (χ0n) is 15.5. The van der Waals surface area contributed by atoms with Crippen LogP contribution in [0.2, 0.25) is 0 Å². The van der Waals surface area contributed by atoms with Crippen molar-refractivity contribution < 1.29 is 13.9 Å². The largest absolute Gasteiger partial charge is 0.496 e. The van der Waals surface area contributed by atoms with Crippen LogP contribution in [0.15, 0.2) is 40.8 Å². The highest BCUT2D eigenvalue weighted by Crippen LogP contribution is 2.34. The van der Waals surface area contributed by atoms with E-state index in [0.717, 1.165) is 33.5 Å². The first kappa shape index (κ1) is 17.9. The predicted octanol–water partition coefficient (Wildman–Crippen LogP) is 2.99. The van der Waals surface area contributed by atoms with Crippen molar-refractivity contribution in [3.63, 3.8) is 0 Å². The first-order valence-electron chi connectivity index (χ1n) is 8.45. The van der Waals surface area contributed by atoms with E-state index in [1.54, 1.807) is 14.2 Å². The van der Waals surface area contributed by atoms with Gasteiger partial charge in [-0.2, -0.15) is 0 Å². The van der Waals surface area contributed by atoms with Gasteiger partial charge in [0, 0.05) is 24.5 Å². The van der Waals surface area contributed by atoms with Gasteiger partial charge in [0.25, 0.3) is 0 Å². The number of methoxy groups -OCH3 is 1. The molecular formula is C20H23N3O3. The normalized spacial score (nSPS) is 11.1. The molecule has 0 saturated carbocycles. The molecular weight excluding hydrogens is 330 g/mol. The zero-order valence-corrected chi connectivity index (χ0v) is 15.5. The number of benzene rings is 2. The van der Waals surface area contributed by atoms with Crippen molar-refractivity contribution in [2.45, 2.75) is 13.5 Å². The molecule has 26 heavy (non-hydrogen) atoms. The number of amides is 1. The minimum atomic E-state index is -0.0324. The molecule has 0 saturated heterocycles. The number of rotatable bonds is 6. The molecule has 0 atom stereocenters. The average Bonchev–Trinajstić information content (AvgIpc) is 3.00. The van der Waals surface area contributed by atoms with Crippen molar-refractivity contribution in [1.82, 2.24) is 15.2 Å². The Kier molecular flexibility index (Phi) is 5.23. The summed E-state index contributed by atoms with van der Waals surface area (Å²) in [6.45, 7) is 2.74. The topological polar surface area (TPSA) is 67.6 Å². The van der Waals surface area contributed by atoms with Crippen molar-refractivity contribution in [2.75, 3.05) is 27.7 Å². The summed E-state index contributed by atoms with van der Waals surface area (Å²) in [5, 5.41) is 4.66. The number of nitrogens with zero attached hydrogens (tertiary/aromatic N) is 2. The van der Waals surface area contributed by atoms with Crippen LogP contribution >= 0.6 is 0 Å². The van der Waals surface area contributed by atoms with Gasteiger partial charge in [0.05, 0.1) is 19.3 Å². The molecule has 0 unspecified atom stereocenters. The van der Waals surface area contributed by atoms with Crippen LogP contribution in [0.1, 0.15) is 11.5 Å². The molecule has 0 fully saturated rings. The number of carbonyl (C=O) groups excluding carboxylic acids is 1. The third kappa shape index (κ3) is 3.55. The summed E-state index contributed by atoms with van der Waals surface area (Å²) in [5.41, 5.74) is 1.75. The summed E-state index contributed by atoms with van der Waals surface area (Å²) < 4.78 is 11.4. The van der Waals surface area contributed by atoms with Gasteiger partial charge in [-0.1, -0.05) is 24.3 Å². The highest BCUT2D eigenvalue weighted by Gasteiger charge is 2.17. The monoisotopic (exact) mass is 353 g/mol. The van der Waals surface area contributed by atoms with E-state index in [4.69, 9.17) is 9.15 Å². The lowest BCUT2D eigenvalue weighted by molar-refractivity contribution is -0.121. The smallest absolute Gasteiger partial charge is 0.233 e. The second-order valence-electron chi connectivity index (χ2n) is 6.23. The maximum absolute atomic E-state index is 11.5. The molecule has 0 spiro atoms. The Hall–Kier alpha value is -2.86. The van der Waals surface area contributed by atoms with Crippen molar-refractivity contribution in [3.8, 4) is 17.2 Å². The lowest BCUT2D eigenvalue weighted by Crippen LogP contribution is -2.32. The molecule has 6 heteroatoms. The molecule has 2 aromatic carbocycles. The quantitative estimate of drug-likeness (QED) is 0.738. The Balaban J connectivity index is 1.94. The molecule has 3 rings (SSSR count). The number of hydrogen-bond donors (Lipinski definition) is 1. The van der Waals surface area contributed by atoms with E-state index in [-0.39, 0.29) is 5.91 Å². The lowest BCUT2D eigenvalue weighted by Gasteiger charge is -2.13. The standard InChI is InChI=1S/C20H23N3O3/c1-13-17(11-23(3)12-19(24)21-2)22-20(26-13)16-9-10-18(25-4)15-8-6-5-7-14(15)16/h5-10H,11-12H2,1-4H3,(H,21,24). The van der Waals surface area contributed by atoms with E-state index in [9.17, 15) is 4.79 Å². The van der Waals surface area contributed by atoms with E-state index in [1.807, 2.05) is 55.3 Å². The SMILES string of the molecule is CNC(=O)CN(C)Cc1nc(-c2ccc(OC)c3ccccc23)oc1C. The Morgan fingerprint density at radius 2 is 1.96 bits per heavy atom. The predicted molar refractivity (Wildman–Crippen MR) is 101 cm³/mol. The zero-order chi connectivity index (χ0) is 18.7. The van der Waals surface area contributed by atoms with E-state index < -0.39 is 0 Å². The van der Waals surface area contributed by atoms with Gasteiger partial charge in [-0.25, -0.2) is 4.98 Å². The van der Waals surface area contributed by atoms with Gasteiger partial charge in [0.2, 0.25) is 11.8 Å². The Labute approximate surface area is 152 Å². The molecule has 1 heterocycles. The second-order valence-corrected chi connectivity index (χ2v) is 6.23. The maximum Gasteiger partial charge on any atom is 0.233 e. The molecule has 1 amide bonds. The third-order valence-corrected chi connectivity index (χ3v) is 4.34. The van der Waals surface area contributed by atoms with Gasteiger partial charge in [0.15, 0.2) is 0 Å². The number of fused-ring (bicyclic) bond motifs is 1. The summed E-state index contributed by atoms with van der Waals surface area (Å²) >= 11 is 0. The summed E-state index contributed by atoms with van der Waals surface area (Å²) in [6, 6.07) is 11.9. The van der Waals surface area contributed by atoms with Crippen molar-refractivity contribution in [2.24, 2.45) is 0 Å². The van der Waals surface area contributed by atoms with Crippen LogP contribution in [0.5, 0.6) is 5.75 Å². The van der Waals surface area contributed by atoms with Crippen LogP contribution in [0, 0.1) is 6.92 Å². The van der Waals surface area contributed by atoms with Crippen molar-refractivity contribution in [3.05, 3.63) is 47.9 Å². The van der Waals surface area contributed by atoms with Crippen LogP contribution < -0.4 is 10.1 Å². The van der Waals surface area contributed by atoms with Gasteiger partial charge < -0.3 is 14.5 Å². The molecule has 136 valence electrons. The van der Waals surface area contributed by atoms with Gasteiger partial charge in [-0.15, -0.1) is 0 Å². The van der Waals surface area contributed by atoms with Crippen LogP contribution in [-0.2, 0) is 11.3 Å². The van der Waals surface area contributed by atoms with E-state index in [1.165, 1.54) is 0 Å². The second kappa shape index (κ2) is 7.58. The molecule has 0 bridgehead atoms. The van der Waals surface area contributed by atoms with Crippen molar-refractivity contribution in [1.29, 1.82) is 0 Å². The number of ether oxygens (including phenoxy) is 1. The fraction of sp³-hybridized carbons (Fsp3) is 0.300. The number of nitrogens with one attached hydrogen (secondary N) is 1. The number of carbonyl (C=O) groups is 1. The molecule has 1 N–H and O–H groups in total. The summed E-state index contributed by atoms with van der Waals surface area (Å²) in [7, 11) is 5.17. The van der Waals surface area contributed by atoms with Crippen molar-refractivity contribution >= 4 is 16.7 Å². The van der Waals surface area contributed by atoms with E-state index in [0.29, 0.717) is 19.0 Å². The summed E-state index contributed by atoms with van der Waals surface area (Å²) in [5.74, 6) is 2.11. The third-order valence-electron chi connectivity index (χ3n) is 4.34. The maximum atomic E-state index is 11.5. The number of aryl methyl sites for hydroxylation is 1. The fourth-order valence-corrected chi connectivity index (χ4v) is 2.96. The van der Waals surface area contributed by atoms with Crippen LogP contribution in [0.25, 0.3) is 22.2 Å². The fourth-order valence-electron chi connectivity index (χ4n) is 2.96. The van der Waals surface area contributed by atoms with Gasteiger partial charge in [-0.05, 0) is 31.5 Å². The molecule has 6 nitrogen and oxygen atoms in total. The highest BCUT2D eigenvalue weighted by atomic mass is 16.5. The first-order valence-corrected chi connectivity index (χ1v) is 8.45. The summed E-state index contributed by atoms with van der Waals surface area (Å²) in [6.07, 6.45) is 0.